The van der Waals surface area contributed by atoms with Crippen molar-refractivity contribution in [2.24, 2.45) is 0 Å². The lowest BCUT2D eigenvalue weighted by Crippen LogP contribution is -2.22. The van der Waals surface area contributed by atoms with Crippen LogP contribution < -0.4 is 0 Å². The van der Waals surface area contributed by atoms with Crippen LogP contribution in [0.5, 0.6) is 0 Å². The Morgan fingerprint density at radius 3 is 2.61 bits per heavy atom. The van der Waals surface area contributed by atoms with Gasteiger partial charge in [0.05, 0.1) is 19.4 Å². The minimum Gasteiger partial charge on any atom is -0.468 e. The lowest BCUT2D eigenvalue weighted by molar-refractivity contribution is 0.196. The maximum Gasteiger partial charge on any atom is 0.240 e. The van der Waals surface area contributed by atoms with Gasteiger partial charge in [0.2, 0.25) is 5.89 Å². The topological polar surface area (TPSA) is 55.3 Å². The fraction of sp³-hybridized carbons (Fsp3) is 0.333. The van der Waals surface area contributed by atoms with Gasteiger partial charge < -0.3 is 8.94 Å². The van der Waals surface area contributed by atoms with E-state index in [1.165, 1.54) is 18.4 Å². The van der Waals surface area contributed by atoms with Crippen molar-refractivity contribution in [1.29, 1.82) is 0 Å². The summed E-state index contributed by atoms with van der Waals surface area (Å²) in [4.78, 5) is 6.78. The van der Waals surface area contributed by atoms with Gasteiger partial charge in [-0.1, -0.05) is 35.5 Å². The number of aromatic nitrogens is 2. The number of hydrogen-bond acceptors (Lipinski definition) is 5. The SMILES string of the molecule is c1ccc(CN(Cc2ccco2)Cc2nc(C3CC3)no2)cc1. The Bertz CT molecular complexity index is 733. The maximum absolute atomic E-state index is 5.48. The molecular formula is C18H19N3O2. The lowest BCUT2D eigenvalue weighted by atomic mass is 10.2. The number of rotatable bonds is 7. The lowest BCUT2D eigenvalue weighted by Gasteiger charge is -2.19. The van der Waals surface area contributed by atoms with Gasteiger partial charge in [-0.2, -0.15) is 4.98 Å². The van der Waals surface area contributed by atoms with Crippen LogP contribution in [0.25, 0.3) is 0 Å². The van der Waals surface area contributed by atoms with Crippen LogP contribution in [0.15, 0.2) is 57.7 Å². The molecule has 0 atom stereocenters. The highest BCUT2D eigenvalue weighted by atomic mass is 16.5. The monoisotopic (exact) mass is 309 g/mol. The van der Waals surface area contributed by atoms with Crippen LogP contribution in [0.1, 0.15) is 41.8 Å². The predicted molar refractivity (Wildman–Crippen MR) is 84.4 cm³/mol. The van der Waals surface area contributed by atoms with Crippen molar-refractivity contribution in [2.45, 2.75) is 38.4 Å². The van der Waals surface area contributed by atoms with E-state index < -0.39 is 0 Å². The molecule has 0 saturated heterocycles. The molecule has 3 aromatic rings. The molecule has 118 valence electrons. The van der Waals surface area contributed by atoms with Crippen molar-refractivity contribution in [2.75, 3.05) is 0 Å². The number of benzene rings is 1. The zero-order valence-electron chi connectivity index (χ0n) is 12.9. The molecule has 0 bridgehead atoms. The summed E-state index contributed by atoms with van der Waals surface area (Å²) in [5, 5.41) is 4.10. The molecule has 1 aliphatic rings. The van der Waals surface area contributed by atoms with Gasteiger partial charge in [0.25, 0.3) is 0 Å². The first-order chi connectivity index (χ1) is 11.4. The third-order valence-electron chi connectivity index (χ3n) is 3.99. The average molecular weight is 309 g/mol. The van der Waals surface area contributed by atoms with Crippen molar-refractivity contribution in [3.05, 3.63) is 71.8 Å². The quantitative estimate of drug-likeness (QED) is 0.665. The summed E-state index contributed by atoms with van der Waals surface area (Å²) < 4.78 is 10.9. The molecule has 0 spiro atoms. The van der Waals surface area contributed by atoms with E-state index in [4.69, 9.17) is 8.94 Å². The first-order valence-corrected chi connectivity index (χ1v) is 7.98. The first kappa shape index (κ1) is 14.2. The fourth-order valence-electron chi connectivity index (χ4n) is 2.66. The second-order valence-electron chi connectivity index (χ2n) is 6.03. The van der Waals surface area contributed by atoms with Crippen molar-refractivity contribution in [3.8, 4) is 0 Å². The molecule has 2 heterocycles. The highest BCUT2D eigenvalue weighted by molar-refractivity contribution is 5.15. The minimum absolute atomic E-state index is 0.514. The molecule has 0 aliphatic heterocycles. The summed E-state index contributed by atoms with van der Waals surface area (Å²) in [5.74, 6) is 2.98. The van der Waals surface area contributed by atoms with E-state index in [0.29, 0.717) is 24.9 Å². The largest absolute Gasteiger partial charge is 0.468 e. The Kier molecular flexibility index (Phi) is 3.94. The van der Waals surface area contributed by atoms with Gasteiger partial charge in [-0.15, -0.1) is 0 Å². The maximum atomic E-state index is 5.48. The molecule has 23 heavy (non-hydrogen) atoms. The van der Waals surface area contributed by atoms with Gasteiger partial charge in [-0.25, -0.2) is 0 Å². The first-order valence-electron chi connectivity index (χ1n) is 7.98. The molecule has 1 fully saturated rings. The Hall–Kier alpha value is -2.40. The minimum atomic E-state index is 0.514. The summed E-state index contributed by atoms with van der Waals surface area (Å²) >= 11 is 0. The molecule has 1 aromatic carbocycles. The van der Waals surface area contributed by atoms with Gasteiger partial charge in [-0.05, 0) is 30.5 Å². The van der Waals surface area contributed by atoms with Crippen LogP contribution >= 0.6 is 0 Å². The van der Waals surface area contributed by atoms with E-state index in [0.717, 1.165) is 18.1 Å². The number of hydrogen-bond donors (Lipinski definition) is 0. The summed E-state index contributed by atoms with van der Waals surface area (Å²) in [6, 6.07) is 14.3. The Balaban J connectivity index is 1.48. The van der Waals surface area contributed by atoms with Crippen LogP contribution in [0.2, 0.25) is 0 Å². The third-order valence-corrected chi connectivity index (χ3v) is 3.99. The van der Waals surface area contributed by atoms with E-state index in [9.17, 15) is 0 Å². The van der Waals surface area contributed by atoms with Gasteiger partial charge >= 0.3 is 0 Å². The van der Waals surface area contributed by atoms with Crippen LogP contribution in [0, 0.1) is 0 Å². The molecule has 0 radical (unpaired) electrons. The zero-order valence-corrected chi connectivity index (χ0v) is 12.9. The van der Waals surface area contributed by atoms with Crippen molar-refractivity contribution in [3.63, 3.8) is 0 Å². The van der Waals surface area contributed by atoms with Crippen LogP contribution in [-0.2, 0) is 19.6 Å². The third kappa shape index (κ3) is 3.68. The highest BCUT2D eigenvalue weighted by Gasteiger charge is 2.29. The summed E-state index contributed by atoms with van der Waals surface area (Å²) in [5.41, 5.74) is 1.25. The van der Waals surface area contributed by atoms with Crippen molar-refractivity contribution >= 4 is 0 Å². The molecular weight excluding hydrogens is 290 g/mol. The molecule has 5 heteroatoms. The van der Waals surface area contributed by atoms with Crippen molar-refractivity contribution in [1.82, 2.24) is 15.0 Å². The van der Waals surface area contributed by atoms with Crippen molar-refractivity contribution < 1.29 is 8.94 Å². The molecule has 4 rings (SSSR count). The second-order valence-corrected chi connectivity index (χ2v) is 6.03. The smallest absolute Gasteiger partial charge is 0.240 e. The van der Waals surface area contributed by atoms with Gasteiger partial charge in [0.15, 0.2) is 5.82 Å². The Morgan fingerprint density at radius 2 is 1.87 bits per heavy atom. The number of nitrogens with zero attached hydrogens (tertiary/aromatic N) is 3. The second kappa shape index (κ2) is 6.38. The average Bonchev–Trinajstić information content (AvgIpc) is 3.09. The van der Waals surface area contributed by atoms with Gasteiger partial charge in [0.1, 0.15) is 5.76 Å². The molecule has 5 nitrogen and oxygen atoms in total. The molecule has 0 amide bonds. The van der Waals surface area contributed by atoms with Crippen LogP contribution in [0.3, 0.4) is 0 Å². The highest BCUT2D eigenvalue weighted by Crippen LogP contribution is 2.38. The molecule has 0 N–H and O–H groups in total. The van der Waals surface area contributed by atoms with Gasteiger partial charge in [0, 0.05) is 12.5 Å². The summed E-state index contributed by atoms with van der Waals surface area (Å²) in [6.45, 7) is 2.14. The molecule has 1 aliphatic carbocycles. The van der Waals surface area contributed by atoms with E-state index in [2.05, 4.69) is 39.3 Å². The van der Waals surface area contributed by atoms with E-state index in [-0.39, 0.29) is 0 Å². The molecule has 0 unspecified atom stereocenters. The standard InChI is InChI=1S/C18H19N3O2/c1-2-5-14(6-3-1)11-21(12-16-7-4-10-22-16)13-17-19-18(20-23-17)15-8-9-15/h1-7,10,15H,8-9,11-13H2. The predicted octanol–water partition coefficient (Wildman–Crippen LogP) is 3.74. The summed E-state index contributed by atoms with van der Waals surface area (Å²) in [6.07, 6.45) is 4.06. The van der Waals surface area contributed by atoms with E-state index >= 15 is 0 Å². The Labute approximate surface area is 134 Å². The zero-order chi connectivity index (χ0) is 15.5. The van der Waals surface area contributed by atoms with E-state index in [1.807, 2.05) is 18.2 Å². The van der Waals surface area contributed by atoms with Gasteiger partial charge in [-0.3, -0.25) is 4.90 Å². The Morgan fingerprint density at radius 1 is 1.00 bits per heavy atom. The van der Waals surface area contributed by atoms with E-state index in [1.54, 1.807) is 6.26 Å². The fourth-order valence-corrected chi connectivity index (χ4v) is 2.66. The molecule has 1 saturated carbocycles. The van der Waals surface area contributed by atoms with Crippen LogP contribution in [-0.4, -0.2) is 15.0 Å². The summed E-state index contributed by atoms with van der Waals surface area (Å²) in [7, 11) is 0. The molecule has 2 aromatic heterocycles. The normalized spacial score (nSPS) is 14.5. The number of furan rings is 1. The van der Waals surface area contributed by atoms with Crippen LogP contribution in [0.4, 0.5) is 0 Å².